The zero-order valence-electron chi connectivity index (χ0n) is 11.2. The number of nitrogens with zero attached hydrogens (tertiary/aromatic N) is 1. The maximum absolute atomic E-state index is 10.2. The summed E-state index contributed by atoms with van der Waals surface area (Å²) in [6.07, 6.45) is 1.61. The molecule has 0 saturated carbocycles. The highest BCUT2D eigenvalue weighted by atomic mass is 35.5. The van der Waals surface area contributed by atoms with Crippen molar-refractivity contribution in [2.75, 3.05) is 19.6 Å². The molecule has 1 aromatic rings. The van der Waals surface area contributed by atoms with Crippen molar-refractivity contribution in [2.24, 2.45) is 5.41 Å². The summed E-state index contributed by atoms with van der Waals surface area (Å²) >= 11 is 5.93. The molecule has 2 rings (SSSR count). The van der Waals surface area contributed by atoms with E-state index in [1.165, 1.54) is 6.42 Å². The summed E-state index contributed by atoms with van der Waals surface area (Å²) in [6, 6.07) is 7.51. The van der Waals surface area contributed by atoms with Gasteiger partial charge in [0.05, 0.1) is 6.10 Å². The molecule has 3 heteroatoms. The Bertz CT molecular complexity index is 405. The van der Waals surface area contributed by atoms with Crippen molar-refractivity contribution in [2.45, 2.75) is 32.8 Å². The van der Waals surface area contributed by atoms with Gasteiger partial charge in [0, 0.05) is 18.1 Å². The summed E-state index contributed by atoms with van der Waals surface area (Å²) in [5, 5.41) is 10.8. The molecule has 100 valence electrons. The quantitative estimate of drug-likeness (QED) is 0.903. The van der Waals surface area contributed by atoms with Crippen LogP contribution in [0.15, 0.2) is 24.3 Å². The van der Waals surface area contributed by atoms with Gasteiger partial charge in [0.1, 0.15) is 0 Å². The van der Waals surface area contributed by atoms with Crippen molar-refractivity contribution in [3.63, 3.8) is 0 Å². The highest BCUT2D eigenvalue weighted by Gasteiger charge is 2.28. The number of aliphatic hydroxyl groups is 1. The van der Waals surface area contributed by atoms with Crippen molar-refractivity contribution in [1.29, 1.82) is 0 Å². The van der Waals surface area contributed by atoms with E-state index in [0.29, 0.717) is 10.4 Å². The van der Waals surface area contributed by atoms with Crippen molar-refractivity contribution in [1.82, 2.24) is 4.90 Å². The van der Waals surface area contributed by atoms with Crippen LogP contribution >= 0.6 is 11.6 Å². The second kappa shape index (κ2) is 5.60. The molecule has 0 radical (unpaired) electrons. The second-order valence-corrected chi connectivity index (χ2v) is 6.49. The van der Waals surface area contributed by atoms with E-state index in [-0.39, 0.29) is 0 Å². The van der Waals surface area contributed by atoms with Gasteiger partial charge in [-0.25, -0.2) is 0 Å². The lowest BCUT2D eigenvalue weighted by atomic mass is 9.93. The molecule has 1 unspecified atom stereocenters. The Balaban J connectivity index is 1.84. The fraction of sp³-hybridized carbons (Fsp3) is 0.600. The normalized spacial score (nSPS) is 21.1. The van der Waals surface area contributed by atoms with Gasteiger partial charge in [-0.05, 0) is 42.5 Å². The Morgan fingerprint density at radius 3 is 2.83 bits per heavy atom. The van der Waals surface area contributed by atoms with Crippen molar-refractivity contribution < 1.29 is 5.11 Å². The Kier molecular flexibility index (Phi) is 4.31. The van der Waals surface area contributed by atoms with Gasteiger partial charge in [-0.1, -0.05) is 37.6 Å². The first kappa shape index (κ1) is 13.9. The van der Waals surface area contributed by atoms with Crippen LogP contribution in [0, 0.1) is 5.41 Å². The number of halogens is 1. The van der Waals surface area contributed by atoms with Gasteiger partial charge in [0.15, 0.2) is 0 Å². The summed E-state index contributed by atoms with van der Waals surface area (Å²) in [7, 11) is 0. The smallest absolute Gasteiger partial charge is 0.0802 e. The molecule has 1 heterocycles. The topological polar surface area (TPSA) is 23.5 Å². The van der Waals surface area contributed by atoms with Crippen molar-refractivity contribution in [3.8, 4) is 0 Å². The van der Waals surface area contributed by atoms with Crippen LogP contribution in [0.4, 0.5) is 0 Å². The molecule has 1 N–H and O–H groups in total. The lowest BCUT2D eigenvalue weighted by Crippen LogP contribution is -2.25. The van der Waals surface area contributed by atoms with Gasteiger partial charge >= 0.3 is 0 Å². The summed E-state index contributed by atoms with van der Waals surface area (Å²) in [4.78, 5) is 2.44. The molecule has 0 amide bonds. The molecular formula is C15H22ClNO. The number of hydrogen-bond acceptors (Lipinski definition) is 2. The number of likely N-dealkylation sites (tertiary alicyclic amines) is 1. The lowest BCUT2D eigenvalue weighted by Gasteiger charge is -2.21. The highest BCUT2D eigenvalue weighted by molar-refractivity contribution is 6.30. The third-order valence-corrected chi connectivity index (χ3v) is 3.94. The molecule has 18 heavy (non-hydrogen) atoms. The van der Waals surface area contributed by atoms with E-state index in [2.05, 4.69) is 18.7 Å². The molecule has 2 nitrogen and oxygen atoms in total. The molecule has 1 aliphatic heterocycles. The van der Waals surface area contributed by atoms with Crippen LogP contribution in [-0.2, 0) is 0 Å². The molecule has 1 atom stereocenters. The Labute approximate surface area is 115 Å². The minimum absolute atomic E-state index is 0.410. The van der Waals surface area contributed by atoms with E-state index in [1.807, 2.05) is 24.3 Å². The third-order valence-electron chi connectivity index (χ3n) is 3.71. The minimum Gasteiger partial charge on any atom is -0.388 e. The number of benzene rings is 1. The molecule has 0 aliphatic carbocycles. The average molecular weight is 268 g/mol. The SMILES string of the molecule is CC1(C)CCN(CCC(O)c2cccc(Cl)c2)C1. The predicted octanol–water partition coefficient (Wildman–Crippen LogP) is 3.50. The van der Waals surface area contributed by atoms with Gasteiger partial charge in [-0.15, -0.1) is 0 Å². The lowest BCUT2D eigenvalue weighted by molar-refractivity contribution is 0.146. The van der Waals surface area contributed by atoms with Crippen LogP contribution in [0.3, 0.4) is 0 Å². The van der Waals surface area contributed by atoms with E-state index < -0.39 is 6.10 Å². The fourth-order valence-corrected chi connectivity index (χ4v) is 2.80. The van der Waals surface area contributed by atoms with E-state index in [0.717, 1.165) is 31.6 Å². The largest absolute Gasteiger partial charge is 0.388 e. The summed E-state index contributed by atoms with van der Waals surface area (Å²) < 4.78 is 0. The first-order chi connectivity index (χ1) is 8.46. The highest BCUT2D eigenvalue weighted by Crippen LogP contribution is 2.29. The third kappa shape index (κ3) is 3.71. The van der Waals surface area contributed by atoms with E-state index in [1.54, 1.807) is 0 Å². The molecular weight excluding hydrogens is 246 g/mol. The van der Waals surface area contributed by atoms with E-state index in [4.69, 9.17) is 11.6 Å². The first-order valence-electron chi connectivity index (χ1n) is 6.62. The molecule has 1 aliphatic rings. The van der Waals surface area contributed by atoms with Gasteiger partial charge in [0.25, 0.3) is 0 Å². The maximum atomic E-state index is 10.2. The fourth-order valence-electron chi connectivity index (χ4n) is 2.60. The second-order valence-electron chi connectivity index (χ2n) is 6.05. The van der Waals surface area contributed by atoms with Crippen LogP contribution in [0.1, 0.15) is 38.4 Å². The molecule has 0 bridgehead atoms. The van der Waals surface area contributed by atoms with Crippen LogP contribution in [0.5, 0.6) is 0 Å². The number of hydrogen-bond donors (Lipinski definition) is 1. The van der Waals surface area contributed by atoms with Crippen LogP contribution in [0.2, 0.25) is 5.02 Å². The van der Waals surface area contributed by atoms with Crippen molar-refractivity contribution in [3.05, 3.63) is 34.9 Å². The zero-order valence-corrected chi connectivity index (χ0v) is 12.0. The van der Waals surface area contributed by atoms with E-state index in [9.17, 15) is 5.11 Å². The maximum Gasteiger partial charge on any atom is 0.0802 e. The number of rotatable bonds is 4. The van der Waals surface area contributed by atoms with Gasteiger partial charge in [-0.2, -0.15) is 0 Å². The van der Waals surface area contributed by atoms with Crippen molar-refractivity contribution >= 4 is 11.6 Å². The Hall–Kier alpha value is -0.570. The average Bonchev–Trinajstić information content (AvgIpc) is 2.66. The minimum atomic E-state index is -0.410. The molecule has 1 saturated heterocycles. The standard InChI is InChI=1S/C15H22ClNO/c1-15(2)7-9-17(11-15)8-6-14(18)12-4-3-5-13(16)10-12/h3-5,10,14,18H,6-9,11H2,1-2H3. The Morgan fingerprint density at radius 1 is 1.44 bits per heavy atom. The predicted molar refractivity (Wildman–Crippen MR) is 75.9 cm³/mol. The summed E-state index contributed by atoms with van der Waals surface area (Å²) in [6.45, 7) is 7.85. The first-order valence-corrected chi connectivity index (χ1v) is 7.00. The summed E-state index contributed by atoms with van der Waals surface area (Å²) in [5.41, 5.74) is 1.35. The van der Waals surface area contributed by atoms with Gasteiger partial charge in [-0.3, -0.25) is 0 Å². The van der Waals surface area contributed by atoms with Crippen LogP contribution in [0.25, 0.3) is 0 Å². The Morgan fingerprint density at radius 2 is 2.22 bits per heavy atom. The summed E-state index contributed by atoms with van der Waals surface area (Å²) in [5.74, 6) is 0. The zero-order chi connectivity index (χ0) is 13.2. The van der Waals surface area contributed by atoms with E-state index >= 15 is 0 Å². The molecule has 1 aromatic carbocycles. The molecule has 1 fully saturated rings. The molecule has 0 aromatic heterocycles. The monoisotopic (exact) mass is 267 g/mol. The number of aliphatic hydroxyl groups excluding tert-OH is 1. The van der Waals surface area contributed by atoms with Gasteiger partial charge in [0.2, 0.25) is 0 Å². The molecule has 0 spiro atoms. The van der Waals surface area contributed by atoms with Crippen LogP contribution < -0.4 is 0 Å². The van der Waals surface area contributed by atoms with Gasteiger partial charge < -0.3 is 10.0 Å². The van der Waals surface area contributed by atoms with Crippen LogP contribution in [-0.4, -0.2) is 29.6 Å².